The Bertz CT molecular complexity index is 804. The number of nitrogens with zero attached hydrogens (tertiary/aromatic N) is 2. The third-order valence-corrected chi connectivity index (χ3v) is 4.48. The van der Waals surface area contributed by atoms with E-state index in [1.54, 1.807) is 12.4 Å². The topological polar surface area (TPSA) is 64.1 Å². The molecule has 6 heteroatoms. The lowest BCUT2D eigenvalue weighted by molar-refractivity contribution is 0.0954. The van der Waals surface area contributed by atoms with E-state index >= 15 is 0 Å². The maximum Gasteiger partial charge on any atom is 0.263 e. The maximum absolute atomic E-state index is 12.3. The molecule has 3 rings (SSSR count). The summed E-state index contributed by atoms with van der Waals surface area (Å²) in [5.74, 6) is 0.668. The molecular formula is C18H17N3O2S. The summed E-state index contributed by atoms with van der Waals surface area (Å²) in [5.41, 5.74) is 1.73. The number of carbonyl (C=O) groups is 1. The molecule has 24 heavy (non-hydrogen) atoms. The van der Waals surface area contributed by atoms with E-state index in [0.717, 1.165) is 22.0 Å². The molecule has 5 nitrogen and oxygen atoms in total. The molecule has 3 aromatic rings. The lowest BCUT2D eigenvalue weighted by atomic mass is 10.2. The summed E-state index contributed by atoms with van der Waals surface area (Å²) in [6, 6.07) is 13.3. The Hall–Kier alpha value is -2.73. The van der Waals surface area contributed by atoms with Crippen molar-refractivity contribution in [3.63, 3.8) is 0 Å². The Kier molecular flexibility index (Phi) is 5.18. The summed E-state index contributed by atoms with van der Waals surface area (Å²) < 4.78 is 5.68. The molecule has 2 aromatic heterocycles. The molecule has 1 amide bonds. The zero-order valence-corrected chi connectivity index (χ0v) is 14.0. The van der Waals surface area contributed by atoms with Gasteiger partial charge in [0.05, 0.1) is 5.69 Å². The molecule has 1 aromatic carbocycles. The van der Waals surface area contributed by atoms with Crippen LogP contribution in [-0.2, 0) is 13.2 Å². The second-order valence-electron chi connectivity index (χ2n) is 5.16. The molecule has 0 unspecified atom stereocenters. The third-order valence-electron chi connectivity index (χ3n) is 3.36. The van der Waals surface area contributed by atoms with Gasteiger partial charge in [-0.25, -0.2) is 4.98 Å². The van der Waals surface area contributed by atoms with Crippen molar-refractivity contribution in [2.75, 3.05) is 0 Å². The highest BCUT2D eigenvalue weighted by Crippen LogP contribution is 2.20. The maximum atomic E-state index is 12.3. The molecule has 1 N–H and O–H groups in total. The van der Waals surface area contributed by atoms with Gasteiger partial charge in [-0.15, -0.1) is 11.3 Å². The lowest BCUT2D eigenvalue weighted by Crippen LogP contribution is -2.22. The molecule has 0 spiro atoms. The lowest BCUT2D eigenvalue weighted by Gasteiger charge is -2.03. The van der Waals surface area contributed by atoms with Crippen molar-refractivity contribution < 1.29 is 9.53 Å². The number of benzene rings is 1. The van der Waals surface area contributed by atoms with Crippen molar-refractivity contribution in [3.05, 3.63) is 76.0 Å². The minimum atomic E-state index is -0.118. The molecule has 2 heterocycles. The average Bonchev–Trinajstić information content (AvgIpc) is 3.00. The molecule has 0 saturated carbocycles. The first-order valence-corrected chi connectivity index (χ1v) is 8.35. The van der Waals surface area contributed by atoms with Gasteiger partial charge in [0.25, 0.3) is 5.91 Å². The van der Waals surface area contributed by atoms with Crippen LogP contribution in [0.15, 0.2) is 54.9 Å². The number of para-hydroxylation sites is 1. The Balaban J connectivity index is 1.59. The second kappa shape index (κ2) is 7.70. The Morgan fingerprint density at radius 2 is 1.92 bits per heavy atom. The van der Waals surface area contributed by atoms with Gasteiger partial charge in [0.1, 0.15) is 22.2 Å². The largest absolute Gasteiger partial charge is 0.486 e. The van der Waals surface area contributed by atoms with Gasteiger partial charge in [0.15, 0.2) is 0 Å². The minimum absolute atomic E-state index is 0.118. The zero-order valence-electron chi connectivity index (χ0n) is 13.2. The number of nitrogens with one attached hydrogen (secondary N) is 1. The van der Waals surface area contributed by atoms with Crippen LogP contribution in [0, 0.1) is 6.92 Å². The average molecular weight is 339 g/mol. The predicted molar refractivity (Wildman–Crippen MR) is 93.0 cm³/mol. The normalized spacial score (nSPS) is 10.4. The summed E-state index contributed by atoms with van der Waals surface area (Å²) in [6.07, 6.45) is 3.41. The van der Waals surface area contributed by atoms with Crippen LogP contribution in [0.4, 0.5) is 0 Å². The summed E-state index contributed by atoms with van der Waals surface area (Å²) in [5, 5.41) is 3.69. The number of ether oxygens (including phenoxy) is 1. The van der Waals surface area contributed by atoms with Crippen LogP contribution in [0.1, 0.15) is 25.9 Å². The standard InChI is InChI=1S/C18H17N3O2S/c1-13-17(18(22)20-11-14-7-9-19-10-8-14)24-16(21-13)12-23-15-5-3-2-4-6-15/h2-10H,11-12H2,1H3,(H,20,22). The van der Waals surface area contributed by atoms with Gasteiger partial charge in [-0.3, -0.25) is 9.78 Å². The molecule has 0 aliphatic carbocycles. The summed E-state index contributed by atoms with van der Waals surface area (Å²) in [7, 11) is 0. The van der Waals surface area contributed by atoms with Crippen LogP contribution in [-0.4, -0.2) is 15.9 Å². The molecular weight excluding hydrogens is 322 g/mol. The van der Waals surface area contributed by atoms with E-state index in [1.165, 1.54) is 11.3 Å². The summed E-state index contributed by atoms with van der Waals surface area (Å²) in [6.45, 7) is 2.66. The first-order chi connectivity index (χ1) is 11.7. The van der Waals surface area contributed by atoms with Gasteiger partial charge in [-0.1, -0.05) is 18.2 Å². The Morgan fingerprint density at radius 3 is 2.67 bits per heavy atom. The number of hydrogen-bond acceptors (Lipinski definition) is 5. The molecule has 122 valence electrons. The number of hydrogen-bond donors (Lipinski definition) is 1. The first kappa shape index (κ1) is 16.1. The molecule has 0 fully saturated rings. The van der Waals surface area contributed by atoms with E-state index < -0.39 is 0 Å². The first-order valence-electron chi connectivity index (χ1n) is 7.53. The Morgan fingerprint density at radius 1 is 1.17 bits per heavy atom. The molecule has 0 aliphatic rings. The highest BCUT2D eigenvalue weighted by atomic mass is 32.1. The van der Waals surface area contributed by atoms with Gasteiger partial charge in [0, 0.05) is 18.9 Å². The van der Waals surface area contributed by atoms with Crippen LogP contribution in [0.2, 0.25) is 0 Å². The molecule has 0 radical (unpaired) electrons. The van der Waals surface area contributed by atoms with Crippen molar-refractivity contribution in [2.45, 2.75) is 20.1 Å². The van der Waals surface area contributed by atoms with E-state index in [2.05, 4.69) is 15.3 Å². The van der Waals surface area contributed by atoms with E-state index in [-0.39, 0.29) is 5.91 Å². The van der Waals surface area contributed by atoms with E-state index in [9.17, 15) is 4.79 Å². The van der Waals surface area contributed by atoms with Gasteiger partial charge >= 0.3 is 0 Å². The fourth-order valence-corrected chi connectivity index (χ4v) is 3.04. The summed E-state index contributed by atoms with van der Waals surface area (Å²) in [4.78, 5) is 21.3. The molecule has 0 aliphatic heterocycles. The van der Waals surface area contributed by atoms with Crippen LogP contribution in [0.3, 0.4) is 0 Å². The van der Waals surface area contributed by atoms with Crippen LogP contribution in [0.25, 0.3) is 0 Å². The quantitative estimate of drug-likeness (QED) is 0.748. The highest BCUT2D eigenvalue weighted by Gasteiger charge is 2.15. The van der Waals surface area contributed by atoms with E-state index in [1.807, 2.05) is 49.4 Å². The molecule has 0 bridgehead atoms. The van der Waals surface area contributed by atoms with Crippen LogP contribution >= 0.6 is 11.3 Å². The smallest absolute Gasteiger partial charge is 0.263 e. The van der Waals surface area contributed by atoms with Gasteiger partial charge in [0.2, 0.25) is 0 Å². The van der Waals surface area contributed by atoms with Gasteiger partial charge in [-0.2, -0.15) is 0 Å². The zero-order chi connectivity index (χ0) is 16.8. The van der Waals surface area contributed by atoms with Crippen LogP contribution < -0.4 is 10.1 Å². The second-order valence-corrected chi connectivity index (χ2v) is 6.25. The van der Waals surface area contributed by atoms with Crippen molar-refractivity contribution >= 4 is 17.2 Å². The highest BCUT2D eigenvalue weighted by molar-refractivity contribution is 7.13. The van der Waals surface area contributed by atoms with Crippen molar-refractivity contribution in [1.29, 1.82) is 0 Å². The van der Waals surface area contributed by atoms with E-state index in [0.29, 0.717) is 18.0 Å². The molecule has 0 saturated heterocycles. The predicted octanol–water partition coefficient (Wildman–Crippen LogP) is 3.36. The van der Waals surface area contributed by atoms with Crippen molar-refractivity contribution in [2.24, 2.45) is 0 Å². The fraction of sp³-hybridized carbons (Fsp3) is 0.167. The third kappa shape index (κ3) is 4.17. The number of aryl methyl sites for hydroxylation is 1. The molecule has 0 atom stereocenters. The SMILES string of the molecule is Cc1nc(COc2ccccc2)sc1C(=O)NCc1ccncc1. The minimum Gasteiger partial charge on any atom is -0.486 e. The number of thiazole rings is 1. The number of amides is 1. The van der Waals surface area contributed by atoms with E-state index in [4.69, 9.17) is 4.74 Å². The van der Waals surface area contributed by atoms with Crippen molar-refractivity contribution in [1.82, 2.24) is 15.3 Å². The number of carbonyl (C=O) groups excluding carboxylic acids is 1. The van der Waals surface area contributed by atoms with Crippen LogP contribution in [0.5, 0.6) is 5.75 Å². The van der Waals surface area contributed by atoms with Gasteiger partial charge in [-0.05, 0) is 36.8 Å². The Labute approximate surface area is 144 Å². The fourth-order valence-electron chi connectivity index (χ4n) is 2.15. The number of rotatable bonds is 6. The van der Waals surface area contributed by atoms with Crippen molar-refractivity contribution in [3.8, 4) is 5.75 Å². The number of aromatic nitrogens is 2. The summed E-state index contributed by atoms with van der Waals surface area (Å²) >= 11 is 1.36. The van der Waals surface area contributed by atoms with Gasteiger partial charge < -0.3 is 10.1 Å². The number of pyridine rings is 1. The monoisotopic (exact) mass is 339 g/mol.